The van der Waals surface area contributed by atoms with Crippen molar-refractivity contribution in [3.8, 4) is 0 Å². The van der Waals surface area contributed by atoms with Crippen LogP contribution in [0.5, 0.6) is 0 Å². The summed E-state index contributed by atoms with van der Waals surface area (Å²) in [6.07, 6.45) is 8.76. The summed E-state index contributed by atoms with van der Waals surface area (Å²) in [4.78, 5) is 7.08. The van der Waals surface area contributed by atoms with Crippen molar-refractivity contribution in [2.45, 2.75) is 64.6 Å². The Morgan fingerprint density at radius 3 is 2.89 bits per heavy atom. The molecule has 19 heavy (non-hydrogen) atoms. The summed E-state index contributed by atoms with van der Waals surface area (Å²) in [5, 5.41) is 3.62. The van der Waals surface area contributed by atoms with Gasteiger partial charge in [-0.3, -0.25) is 4.98 Å². The van der Waals surface area contributed by atoms with Crippen LogP contribution in [-0.4, -0.2) is 23.6 Å². The van der Waals surface area contributed by atoms with Gasteiger partial charge < -0.3 is 10.2 Å². The molecule has 0 aromatic carbocycles. The van der Waals surface area contributed by atoms with Crippen LogP contribution in [0.1, 0.15) is 50.3 Å². The van der Waals surface area contributed by atoms with E-state index in [1.807, 2.05) is 0 Å². The first-order valence-corrected chi connectivity index (χ1v) is 7.69. The molecular formula is C16H25N3. The zero-order chi connectivity index (χ0) is 13.2. The van der Waals surface area contributed by atoms with E-state index in [1.54, 1.807) is 0 Å². The van der Waals surface area contributed by atoms with E-state index in [4.69, 9.17) is 0 Å². The normalized spacial score (nSPS) is 23.7. The van der Waals surface area contributed by atoms with Crippen molar-refractivity contribution < 1.29 is 0 Å². The highest BCUT2D eigenvalue weighted by Gasteiger charge is 2.23. The summed E-state index contributed by atoms with van der Waals surface area (Å²) in [7, 11) is 0. The third-order valence-electron chi connectivity index (χ3n) is 4.37. The second-order valence-corrected chi connectivity index (χ2v) is 6.15. The number of piperidine rings is 1. The van der Waals surface area contributed by atoms with Crippen molar-refractivity contribution in [1.82, 2.24) is 10.3 Å². The molecule has 1 aliphatic carbocycles. The highest BCUT2D eigenvalue weighted by molar-refractivity contribution is 5.54. The first-order chi connectivity index (χ1) is 9.24. The minimum absolute atomic E-state index is 0.662. The van der Waals surface area contributed by atoms with E-state index in [1.165, 1.54) is 49.9 Å². The highest BCUT2D eigenvalue weighted by atomic mass is 15.2. The maximum atomic E-state index is 4.49. The van der Waals surface area contributed by atoms with E-state index in [9.17, 15) is 0 Å². The molecule has 1 atom stereocenters. The van der Waals surface area contributed by atoms with Crippen LogP contribution in [-0.2, 0) is 6.54 Å². The second-order valence-electron chi connectivity index (χ2n) is 6.15. The van der Waals surface area contributed by atoms with Crippen LogP contribution in [0.4, 0.5) is 5.69 Å². The van der Waals surface area contributed by atoms with Gasteiger partial charge in [0.05, 0.1) is 0 Å². The molecule has 3 heteroatoms. The number of hydrogen-bond acceptors (Lipinski definition) is 3. The summed E-state index contributed by atoms with van der Waals surface area (Å²) in [6.45, 7) is 6.61. The van der Waals surface area contributed by atoms with E-state index < -0.39 is 0 Å². The fourth-order valence-electron chi connectivity index (χ4n) is 2.98. The average molecular weight is 259 g/mol. The minimum atomic E-state index is 0.662. The molecule has 1 saturated heterocycles. The molecule has 1 saturated carbocycles. The van der Waals surface area contributed by atoms with Crippen molar-refractivity contribution in [3.05, 3.63) is 23.5 Å². The van der Waals surface area contributed by atoms with Gasteiger partial charge in [0, 0.05) is 48.3 Å². The zero-order valence-corrected chi connectivity index (χ0v) is 12.2. The summed E-state index contributed by atoms with van der Waals surface area (Å²) >= 11 is 0. The van der Waals surface area contributed by atoms with Gasteiger partial charge in [0.25, 0.3) is 0 Å². The Balaban J connectivity index is 1.81. The number of hydrogen-bond donors (Lipinski definition) is 1. The molecule has 0 radical (unpaired) electrons. The van der Waals surface area contributed by atoms with Crippen LogP contribution in [0.25, 0.3) is 0 Å². The van der Waals surface area contributed by atoms with Crippen molar-refractivity contribution in [2.75, 3.05) is 11.4 Å². The molecule has 3 nitrogen and oxygen atoms in total. The van der Waals surface area contributed by atoms with Crippen LogP contribution < -0.4 is 10.2 Å². The fourth-order valence-corrected chi connectivity index (χ4v) is 2.98. The maximum absolute atomic E-state index is 4.49. The molecule has 1 aromatic rings. The number of anilines is 1. The zero-order valence-electron chi connectivity index (χ0n) is 12.2. The lowest BCUT2D eigenvalue weighted by Gasteiger charge is -2.36. The average Bonchev–Trinajstić information content (AvgIpc) is 3.22. The Morgan fingerprint density at radius 2 is 2.16 bits per heavy atom. The van der Waals surface area contributed by atoms with Gasteiger partial charge in [-0.05, 0) is 52.0 Å². The summed E-state index contributed by atoms with van der Waals surface area (Å²) in [5.74, 6) is 0. The lowest BCUT2D eigenvalue weighted by molar-refractivity contribution is 0.482. The lowest BCUT2D eigenvalue weighted by Crippen LogP contribution is -2.38. The van der Waals surface area contributed by atoms with Crippen molar-refractivity contribution >= 4 is 5.69 Å². The topological polar surface area (TPSA) is 28.2 Å². The molecule has 1 aliphatic heterocycles. The van der Waals surface area contributed by atoms with Gasteiger partial charge in [0.1, 0.15) is 0 Å². The SMILES string of the molecule is Cc1cc(N2CCCCC2C)c(CNC2CC2)cn1. The predicted octanol–water partition coefficient (Wildman–Crippen LogP) is 3.02. The molecule has 1 N–H and O–H groups in total. The number of rotatable bonds is 4. The number of pyridine rings is 1. The van der Waals surface area contributed by atoms with Gasteiger partial charge in [-0.15, -0.1) is 0 Å². The first kappa shape index (κ1) is 12.9. The Bertz CT molecular complexity index is 440. The number of aryl methyl sites for hydroxylation is 1. The number of nitrogens with zero attached hydrogens (tertiary/aromatic N) is 2. The fraction of sp³-hybridized carbons (Fsp3) is 0.688. The standard InChI is InChI=1S/C16H25N3/c1-12-9-16(19-8-4-3-5-13(19)2)14(10-17-12)11-18-15-6-7-15/h9-10,13,15,18H,3-8,11H2,1-2H3. The van der Waals surface area contributed by atoms with E-state index >= 15 is 0 Å². The summed E-state index contributed by atoms with van der Waals surface area (Å²) < 4.78 is 0. The Morgan fingerprint density at radius 1 is 1.32 bits per heavy atom. The number of aromatic nitrogens is 1. The molecular weight excluding hydrogens is 234 g/mol. The molecule has 0 bridgehead atoms. The predicted molar refractivity (Wildman–Crippen MR) is 79.5 cm³/mol. The van der Waals surface area contributed by atoms with Crippen LogP contribution >= 0.6 is 0 Å². The lowest BCUT2D eigenvalue weighted by atomic mass is 10.0. The van der Waals surface area contributed by atoms with Gasteiger partial charge in [-0.1, -0.05) is 0 Å². The molecule has 1 aromatic heterocycles. The van der Waals surface area contributed by atoms with Crippen LogP contribution in [0.15, 0.2) is 12.3 Å². The maximum Gasteiger partial charge on any atom is 0.0447 e. The van der Waals surface area contributed by atoms with E-state index in [2.05, 4.69) is 41.3 Å². The largest absolute Gasteiger partial charge is 0.368 e. The minimum Gasteiger partial charge on any atom is -0.368 e. The van der Waals surface area contributed by atoms with Crippen molar-refractivity contribution in [1.29, 1.82) is 0 Å². The van der Waals surface area contributed by atoms with Gasteiger partial charge in [-0.25, -0.2) is 0 Å². The van der Waals surface area contributed by atoms with E-state index in [0.717, 1.165) is 18.3 Å². The molecule has 2 heterocycles. The Kier molecular flexibility index (Phi) is 3.74. The van der Waals surface area contributed by atoms with Gasteiger partial charge >= 0.3 is 0 Å². The summed E-state index contributed by atoms with van der Waals surface area (Å²) in [6, 6.07) is 3.69. The highest BCUT2D eigenvalue weighted by Crippen LogP contribution is 2.29. The Labute approximate surface area is 116 Å². The molecule has 0 spiro atoms. The molecule has 0 amide bonds. The molecule has 2 aliphatic rings. The third-order valence-corrected chi connectivity index (χ3v) is 4.37. The molecule has 1 unspecified atom stereocenters. The van der Waals surface area contributed by atoms with Crippen molar-refractivity contribution in [2.24, 2.45) is 0 Å². The Hall–Kier alpha value is -1.09. The van der Waals surface area contributed by atoms with Crippen LogP contribution in [0, 0.1) is 6.92 Å². The second kappa shape index (κ2) is 5.49. The van der Waals surface area contributed by atoms with E-state index in [-0.39, 0.29) is 0 Å². The quantitative estimate of drug-likeness (QED) is 0.901. The van der Waals surface area contributed by atoms with Gasteiger partial charge in [0.15, 0.2) is 0 Å². The molecule has 104 valence electrons. The third kappa shape index (κ3) is 3.08. The summed E-state index contributed by atoms with van der Waals surface area (Å²) in [5.41, 5.74) is 3.90. The molecule has 3 rings (SSSR count). The molecule has 2 fully saturated rings. The number of nitrogens with one attached hydrogen (secondary N) is 1. The monoisotopic (exact) mass is 259 g/mol. The van der Waals surface area contributed by atoms with Gasteiger partial charge in [0.2, 0.25) is 0 Å². The van der Waals surface area contributed by atoms with Gasteiger partial charge in [-0.2, -0.15) is 0 Å². The van der Waals surface area contributed by atoms with Crippen LogP contribution in [0.2, 0.25) is 0 Å². The smallest absolute Gasteiger partial charge is 0.0447 e. The van der Waals surface area contributed by atoms with E-state index in [0.29, 0.717) is 6.04 Å². The van der Waals surface area contributed by atoms with Crippen molar-refractivity contribution in [3.63, 3.8) is 0 Å². The van der Waals surface area contributed by atoms with Crippen LogP contribution in [0.3, 0.4) is 0 Å². The first-order valence-electron chi connectivity index (χ1n) is 7.69.